The predicted octanol–water partition coefficient (Wildman–Crippen LogP) is 2.59. The number of carbonyl (C=O) groups is 1. The summed E-state index contributed by atoms with van der Waals surface area (Å²) in [6.45, 7) is -0.150. The summed E-state index contributed by atoms with van der Waals surface area (Å²) in [6, 6.07) is 0. The standard InChI is InChI=1S/C10H12F5NO/c11-9(12)5-8(6-9)1-3-16(4-2-8)7(17)10(13,14)15/h1-6H2. The smallest absolute Gasteiger partial charge is 0.335 e. The Morgan fingerprint density at radius 3 is 1.88 bits per heavy atom. The second-order valence-electron chi connectivity index (χ2n) is 5.00. The molecule has 0 radical (unpaired) electrons. The van der Waals surface area contributed by atoms with Gasteiger partial charge in [-0.05, 0) is 18.3 Å². The zero-order valence-electron chi connectivity index (χ0n) is 8.99. The molecule has 1 saturated carbocycles. The van der Waals surface area contributed by atoms with Gasteiger partial charge in [0.05, 0.1) is 0 Å². The molecular weight excluding hydrogens is 245 g/mol. The molecule has 0 N–H and O–H groups in total. The Morgan fingerprint density at radius 1 is 1.06 bits per heavy atom. The van der Waals surface area contributed by atoms with Gasteiger partial charge in [0.1, 0.15) is 0 Å². The van der Waals surface area contributed by atoms with Crippen LogP contribution in [0.5, 0.6) is 0 Å². The van der Waals surface area contributed by atoms with E-state index in [1.165, 1.54) is 0 Å². The molecule has 7 heteroatoms. The van der Waals surface area contributed by atoms with Crippen molar-refractivity contribution in [2.45, 2.75) is 37.8 Å². The highest BCUT2D eigenvalue weighted by Gasteiger charge is 2.57. The first-order chi connectivity index (χ1) is 7.64. The number of amides is 1. The number of rotatable bonds is 0. The fraction of sp³-hybridized carbons (Fsp3) is 0.900. The Labute approximate surface area is 94.8 Å². The maximum atomic E-state index is 12.8. The molecule has 2 rings (SSSR count). The average molecular weight is 257 g/mol. The molecule has 1 spiro atoms. The maximum absolute atomic E-state index is 12.8. The van der Waals surface area contributed by atoms with Crippen LogP contribution in [0.1, 0.15) is 25.7 Å². The van der Waals surface area contributed by atoms with Crippen molar-refractivity contribution in [2.75, 3.05) is 13.1 Å². The van der Waals surface area contributed by atoms with Crippen molar-refractivity contribution in [1.29, 1.82) is 0 Å². The molecule has 1 aliphatic heterocycles. The zero-order valence-corrected chi connectivity index (χ0v) is 8.99. The predicted molar refractivity (Wildman–Crippen MR) is 48.5 cm³/mol. The summed E-state index contributed by atoms with van der Waals surface area (Å²) < 4.78 is 61.9. The highest BCUT2D eigenvalue weighted by molar-refractivity contribution is 5.81. The first-order valence-electron chi connectivity index (χ1n) is 5.38. The molecule has 0 atom stereocenters. The Balaban J connectivity index is 1.90. The maximum Gasteiger partial charge on any atom is 0.471 e. The van der Waals surface area contributed by atoms with Crippen LogP contribution < -0.4 is 0 Å². The van der Waals surface area contributed by atoms with Gasteiger partial charge in [0, 0.05) is 25.9 Å². The number of alkyl halides is 5. The number of nitrogens with zero attached hydrogens (tertiary/aromatic N) is 1. The van der Waals surface area contributed by atoms with Crippen LogP contribution in [0.3, 0.4) is 0 Å². The summed E-state index contributed by atoms with van der Waals surface area (Å²) in [4.78, 5) is 11.6. The van der Waals surface area contributed by atoms with E-state index < -0.39 is 23.4 Å². The van der Waals surface area contributed by atoms with Crippen molar-refractivity contribution in [2.24, 2.45) is 5.41 Å². The van der Waals surface area contributed by atoms with Gasteiger partial charge < -0.3 is 4.90 Å². The Kier molecular flexibility index (Phi) is 2.63. The molecule has 0 bridgehead atoms. The van der Waals surface area contributed by atoms with Crippen LogP contribution in [0.4, 0.5) is 22.0 Å². The summed E-state index contributed by atoms with van der Waals surface area (Å²) in [5.74, 6) is -4.53. The molecule has 17 heavy (non-hydrogen) atoms. The number of piperidine rings is 1. The third kappa shape index (κ3) is 2.37. The van der Waals surface area contributed by atoms with Gasteiger partial charge in [-0.15, -0.1) is 0 Å². The second-order valence-corrected chi connectivity index (χ2v) is 5.00. The van der Waals surface area contributed by atoms with E-state index in [4.69, 9.17) is 0 Å². The van der Waals surface area contributed by atoms with Gasteiger partial charge in [-0.3, -0.25) is 4.79 Å². The average Bonchev–Trinajstić information content (AvgIpc) is 2.13. The van der Waals surface area contributed by atoms with Crippen LogP contribution in [0.2, 0.25) is 0 Å². The molecule has 0 aromatic rings. The van der Waals surface area contributed by atoms with E-state index in [-0.39, 0.29) is 38.8 Å². The summed E-state index contributed by atoms with van der Waals surface area (Å²) in [6.07, 6.45) is -4.90. The van der Waals surface area contributed by atoms with Gasteiger partial charge in [0.25, 0.3) is 0 Å². The van der Waals surface area contributed by atoms with E-state index in [1.807, 2.05) is 0 Å². The van der Waals surface area contributed by atoms with Crippen molar-refractivity contribution in [3.05, 3.63) is 0 Å². The lowest BCUT2D eigenvalue weighted by Crippen LogP contribution is -2.54. The number of hydrogen-bond acceptors (Lipinski definition) is 1. The summed E-state index contributed by atoms with van der Waals surface area (Å²) >= 11 is 0. The minimum absolute atomic E-state index is 0.0750. The third-order valence-electron chi connectivity index (χ3n) is 3.62. The van der Waals surface area contributed by atoms with E-state index in [0.29, 0.717) is 4.90 Å². The lowest BCUT2D eigenvalue weighted by atomic mass is 9.61. The molecule has 0 unspecified atom stereocenters. The van der Waals surface area contributed by atoms with Crippen molar-refractivity contribution >= 4 is 5.91 Å². The Hall–Kier alpha value is -0.880. The summed E-state index contributed by atoms with van der Waals surface area (Å²) in [7, 11) is 0. The van der Waals surface area contributed by atoms with Crippen LogP contribution >= 0.6 is 0 Å². The van der Waals surface area contributed by atoms with E-state index in [9.17, 15) is 26.7 Å². The normalized spacial score (nSPS) is 26.8. The molecule has 0 aromatic carbocycles. The lowest BCUT2D eigenvalue weighted by Gasteiger charge is -2.51. The Bertz CT molecular complexity index is 320. The van der Waals surface area contributed by atoms with Gasteiger partial charge in [-0.2, -0.15) is 13.2 Å². The van der Waals surface area contributed by atoms with Gasteiger partial charge in [-0.25, -0.2) is 8.78 Å². The molecule has 2 nitrogen and oxygen atoms in total. The Morgan fingerprint density at radius 2 is 1.53 bits per heavy atom. The third-order valence-corrected chi connectivity index (χ3v) is 3.62. The molecule has 1 amide bonds. The van der Waals surface area contributed by atoms with Crippen molar-refractivity contribution < 1.29 is 26.7 Å². The first-order valence-corrected chi connectivity index (χ1v) is 5.38. The van der Waals surface area contributed by atoms with E-state index >= 15 is 0 Å². The van der Waals surface area contributed by atoms with Crippen LogP contribution in [-0.4, -0.2) is 36.0 Å². The second kappa shape index (κ2) is 3.55. The molecule has 1 heterocycles. The van der Waals surface area contributed by atoms with Gasteiger partial charge in [-0.1, -0.05) is 0 Å². The number of halogens is 5. The monoisotopic (exact) mass is 257 g/mol. The topological polar surface area (TPSA) is 20.3 Å². The van der Waals surface area contributed by atoms with Crippen LogP contribution in [0.25, 0.3) is 0 Å². The molecule has 2 fully saturated rings. The van der Waals surface area contributed by atoms with Crippen LogP contribution in [0, 0.1) is 5.41 Å². The minimum atomic E-state index is -4.87. The zero-order chi connectivity index (χ0) is 12.9. The lowest BCUT2D eigenvalue weighted by molar-refractivity contribution is -0.199. The largest absolute Gasteiger partial charge is 0.471 e. The molecule has 0 aromatic heterocycles. The fourth-order valence-corrected chi connectivity index (χ4v) is 2.76. The van der Waals surface area contributed by atoms with Gasteiger partial charge >= 0.3 is 12.1 Å². The minimum Gasteiger partial charge on any atom is -0.335 e. The first kappa shape index (κ1) is 12.6. The summed E-state index contributed by atoms with van der Waals surface area (Å²) in [5, 5.41) is 0. The SMILES string of the molecule is O=C(N1CCC2(CC1)CC(F)(F)C2)C(F)(F)F. The van der Waals surface area contributed by atoms with E-state index in [1.54, 1.807) is 0 Å². The number of hydrogen-bond donors (Lipinski definition) is 0. The fourth-order valence-electron chi connectivity index (χ4n) is 2.76. The highest BCUT2D eigenvalue weighted by atomic mass is 19.4. The van der Waals surface area contributed by atoms with Crippen molar-refractivity contribution in [1.82, 2.24) is 4.90 Å². The molecule has 1 aliphatic carbocycles. The van der Waals surface area contributed by atoms with E-state index in [2.05, 4.69) is 0 Å². The van der Waals surface area contributed by atoms with Crippen LogP contribution in [-0.2, 0) is 4.79 Å². The number of carbonyl (C=O) groups excluding carboxylic acids is 1. The van der Waals surface area contributed by atoms with Crippen LogP contribution in [0.15, 0.2) is 0 Å². The van der Waals surface area contributed by atoms with Gasteiger partial charge in [0.15, 0.2) is 0 Å². The molecular formula is C10H12F5NO. The van der Waals surface area contributed by atoms with Crippen molar-refractivity contribution in [3.8, 4) is 0 Å². The van der Waals surface area contributed by atoms with Crippen molar-refractivity contribution in [3.63, 3.8) is 0 Å². The summed E-state index contributed by atoms with van der Waals surface area (Å²) in [5.41, 5.74) is -0.536. The highest BCUT2D eigenvalue weighted by Crippen LogP contribution is 2.57. The molecule has 1 saturated heterocycles. The molecule has 2 aliphatic rings. The number of likely N-dealkylation sites (tertiary alicyclic amines) is 1. The quantitative estimate of drug-likeness (QED) is 0.611. The molecule has 98 valence electrons. The van der Waals surface area contributed by atoms with Gasteiger partial charge in [0.2, 0.25) is 5.92 Å². The van der Waals surface area contributed by atoms with E-state index in [0.717, 1.165) is 0 Å².